The maximum absolute atomic E-state index is 11.2. The van der Waals surface area contributed by atoms with Crippen LogP contribution in [0.1, 0.15) is 10.4 Å². The van der Waals surface area contributed by atoms with Gasteiger partial charge in [0, 0.05) is 0 Å². The fourth-order valence-electron chi connectivity index (χ4n) is 1.40. The van der Waals surface area contributed by atoms with Crippen LogP contribution >= 0.6 is 0 Å². The Labute approximate surface area is 84.6 Å². The molecule has 2 heteroatoms. The molecule has 0 saturated heterocycles. The number of hydrogen-bond donors (Lipinski definition) is 0. The van der Waals surface area contributed by atoms with Crippen molar-refractivity contribution >= 4 is 31.5 Å². The van der Waals surface area contributed by atoms with Gasteiger partial charge in [-0.15, -0.1) is 0 Å². The summed E-state index contributed by atoms with van der Waals surface area (Å²) in [4.78, 5) is 11.2. The van der Waals surface area contributed by atoms with Crippen molar-refractivity contribution in [3.63, 3.8) is 0 Å². The molecule has 0 aliphatic heterocycles. The third-order valence-electron chi connectivity index (χ3n) is 2.01. The van der Waals surface area contributed by atoms with Crippen LogP contribution in [0.25, 0.3) is 10.8 Å². The molecule has 0 heterocycles. The standard InChI is InChI=1S/C11H7OSe/c12-11(13)10-7-3-5-8-4-1-2-6-9(8)10/h1-7H. The van der Waals surface area contributed by atoms with Crippen LogP contribution in [0.5, 0.6) is 0 Å². The number of carbonyl (C=O) groups is 1. The minimum absolute atomic E-state index is 0.00296. The van der Waals surface area contributed by atoms with Crippen molar-refractivity contribution in [1.29, 1.82) is 0 Å². The second kappa shape index (κ2) is 3.33. The molecule has 1 radical (unpaired) electrons. The van der Waals surface area contributed by atoms with Gasteiger partial charge in [0.15, 0.2) is 0 Å². The van der Waals surface area contributed by atoms with Crippen LogP contribution in [-0.4, -0.2) is 20.7 Å². The van der Waals surface area contributed by atoms with E-state index in [-0.39, 0.29) is 4.68 Å². The Balaban J connectivity index is 2.83. The molecule has 0 atom stereocenters. The van der Waals surface area contributed by atoms with E-state index in [0.717, 1.165) is 16.3 Å². The van der Waals surface area contributed by atoms with Crippen LogP contribution < -0.4 is 0 Å². The van der Waals surface area contributed by atoms with Gasteiger partial charge >= 0.3 is 84.3 Å². The Morgan fingerprint density at radius 2 is 1.69 bits per heavy atom. The number of carbonyl (C=O) groups excluding carboxylic acids is 1. The third-order valence-corrected chi connectivity index (χ3v) is 2.47. The van der Waals surface area contributed by atoms with E-state index in [2.05, 4.69) is 16.0 Å². The van der Waals surface area contributed by atoms with E-state index in [1.54, 1.807) is 0 Å². The molecule has 0 saturated carbocycles. The quantitative estimate of drug-likeness (QED) is 0.691. The van der Waals surface area contributed by atoms with Gasteiger partial charge in [-0.3, -0.25) is 0 Å². The van der Waals surface area contributed by atoms with E-state index in [1.807, 2.05) is 42.5 Å². The summed E-state index contributed by atoms with van der Waals surface area (Å²) < 4.78 is -0.00296. The van der Waals surface area contributed by atoms with Crippen LogP contribution in [0.15, 0.2) is 42.5 Å². The Morgan fingerprint density at radius 3 is 2.46 bits per heavy atom. The minimum atomic E-state index is -0.00296. The molecule has 0 amide bonds. The number of rotatable bonds is 1. The summed E-state index contributed by atoms with van der Waals surface area (Å²) in [5.41, 5.74) is 0.748. The summed E-state index contributed by atoms with van der Waals surface area (Å²) in [6.07, 6.45) is 0. The van der Waals surface area contributed by atoms with Crippen molar-refractivity contribution < 1.29 is 4.79 Å². The molecule has 0 bridgehead atoms. The number of benzene rings is 2. The molecule has 0 fully saturated rings. The Hall–Kier alpha value is -1.11. The molecule has 0 aliphatic carbocycles. The predicted molar refractivity (Wildman–Crippen MR) is 54.0 cm³/mol. The van der Waals surface area contributed by atoms with Gasteiger partial charge in [-0.25, -0.2) is 0 Å². The number of fused-ring (bicyclic) bond motifs is 1. The summed E-state index contributed by atoms with van der Waals surface area (Å²) in [6, 6.07) is 13.6. The monoisotopic (exact) mass is 235 g/mol. The summed E-state index contributed by atoms with van der Waals surface area (Å²) >= 11 is 2.51. The first-order valence-corrected chi connectivity index (χ1v) is 4.84. The SMILES string of the molecule is O=C([Se])c1cccc2ccccc12. The zero-order chi connectivity index (χ0) is 9.26. The molecule has 0 N–H and O–H groups in total. The maximum atomic E-state index is 11.2. The van der Waals surface area contributed by atoms with Crippen molar-refractivity contribution in [1.82, 2.24) is 0 Å². The molecular weight excluding hydrogens is 227 g/mol. The fraction of sp³-hybridized carbons (Fsp3) is 0. The van der Waals surface area contributed by atoms with Gasteiger partial charge in [0.05, 0.1) is 0 Å². The van der Waals surface area contributed by atoms with Gasteiger partial charge in [-0.05, 0) is 0 Å². The van der Waals surface area contributed by atoms with Crippen LogP contribution in [0.2, 0.25) is 0 Å². The van der Waals surface area contributed by atoms with Crippen LogP contribution in [-0.2, 0) is 0 Å². The van der Waals surface area contributed by atoms with Crippen molar-refractivity contribution in [2.45, 2.75) is 0 Å². The van der Waals surface area contributed by atoms with Gasteiger partial charge in [0.1, 0.15) is 0 Å². The van der Waals surface area contributed by atoms with E-state index in [9.17, 15) is 4.79 Å². The van der Waals surface area contributed by atoms with Gasteiger partial charge in [-0.2, -0.15) is 0 Å². The van der Waals surface area contributed by atoms with Gasteiger partial charge < -0.3 is 0 Å². The Kier molecular flexibility index (Phi) is 2.17. The Morgan fingerprint density at radius 1 is 1.00 bits per heavy atom. The van der Waals surface area contributed by atoms with E-state index >= 15 is 0 Å². The zero-order valence-electron chi connectivity index (χ0n) is 6.86. The van der Waals surface area contributed by atoms with Crippen molar-refractivity contribution in [2.75, 3.05) is 0 Å². The number of hydrogen-bond acceptors (Lipinski definition) is 1. The van der Waals surface area contributed by atoms with Crippen molar-refractivity contribution in [3.05, 3.63) is 48.0 Å². The third kappa shape index (κ3) is 1.51. The van der Waals surface area contributed by atoms with E-state index in [0.29, 0.717) is 0 Å². The van der Waals surface area contributed by atoms with Gasteiger partial charge in [0.2, 0.25) is 0 Å². The second-order valence-electron chi connectivity index (χ2n) is 2.81. The molecule has 2 aromatic rings. The van der Waals surface area contributed by atoms with Crippen molar-refractivity contribution in [3.8, 4) is 0 Å². The topological polar surface area (TPSA) is 17.1 Å². The van der Waals surface area contributed by atoms with Gasteiger partial charge in [-0.1, -0.05) is 0 Å². The van der Waals surface area contributed by atoms with Crippen molar-refractivity contribution in [2.24, 2.45) is 0 Å². The second-order valence-corrected chi connectivity index (χ2v) is 3.59. The first-order valence-electron chi connectivity index (χ1n) is 3.98. The summed E-state index contributed by atoms with van der Waals surface area (Å²) in [7, 11) is 0. The average Bonchev–Trinajstić information content (AvgIpc) is 2.17. The van der Waals surface area contributed by atoms with E-state index in [4.69, 9.17) is 0 Å². The molecule has 1 nitrogen and oxygen atoms in total. The fourth-order valence-corrected chi connectivity index (χ4v) is 1.78. The normalized spacial score (nSPS) is 10.2. The molecular formula is C11H7OSe. The first kappa shape index (κ1) is 8.49. The molecule has 2 aromatic carbocycles. The summed E-state index contributed by atoms with van der Waals surface area (Å²) in [6.45, 7) is 0. The molecule has 13 heavy (non-hydrogen) atoms. The van der Waals surface area contributed by atoms with E-state index in [1.165, 1.54) is 0 Å². The summed E-state index contributed by atoms with van der Waals surface area (Å²) in [5, 5.41) is 2.11. The molecule has 63 valence electrons. The molecule has 0 spiro atoms. The van der Waals surface area contributed by atoms with Crippen LogP contribution in [0.4, 0.5) is 0 Å². The van der Waals surface area contributed by atoms with Crippen LogP contribution in [0, 0.1) is 0 Å². The molecule has 0 aromatic heterocycles. The summed E-state index contributed by atoms with van der Waals surface area (Å²) in [5.74, 6) is 0. The first-order chi connectivity index (χ1) is 6.29. The van der Waals surface area contributed by atoms with Crippen LogP contribution in [0.3, 0.4) is 0 Å². The zero-order valence-corrected chi connectivity index (χ0v) is 8.57. The Bertz CT molecular complexity index is 457. The van der Waals surface area contributed by atoms with E-state index < -0.39 is 0 Å². The molecule has 2 rings (SSSR count). The molecule has 0 aliphatic rings. The van der Waals surface area contributed by atoms with Gasteiger partial charge in [0.25, 0.3) is 0 Å². The average molecular weight is 234 g/mol. The molecule has 0 unspecified atom stereocenters. The predicted octanol–water partition coefficient (Wildman–Crippen LogP) is 2.15.